The predicted octanol–water partition coefficient (Wildman–Crippen LogP) is 4.80. The minimum Gasteiger partial charge on any atom is -0.497 e. The zero-order chi connectivity index (χ0) is 19.0. The number of rotatable bonds is 4. The molecule has 0 fully saturated rings. The maximum absolute atomic E-state index is 13.2. The Balaban J connectivity index is 1.81. The highest BCUT2D eigenvalue weighted by atomic mass is 32.1. The first-order chi connectivity index (χ1) is 13.1. The molecule has 2 aromatic heterocycles. The molecule has 0 radical (unpaired) electrons. The van der Waals surface area contributed by atoms with E-state index in [1.54, 1.807) is 18.0 Å². The van der Waals surface area contributed by atoms with Crippen molar-refractivity contribution in [2.45, 2.75) is 20.4 Å². The SMILES string of the molecule is COc1cccc(Cn2cnc3scc(-c4ccc(C)c(C)c4)c3c2=O)c1. The van der Waals surface area contributed by atoms with Crippen LogP contribution in [-0.4, -0.2) is 16.7 Å². The monoisotopic (exact) mass is 376 g/mol. The van der Waals surface area contributed by atoms with E-state index >= 15 is 0 Å². The van der Waals surface area contributed by atoms with Crippen LogP contribution in [0.15, 0.2) is 59.0 Å². The summed E-state index contributed by atoms with van der Waals surface area (Å²) >= 11 is 1.51. The Kier molecular flexibility index (Phi) is 4.54. The number of nitrogens with zero attached hydrogens (tertiary/aromatic N) is 2. The first kappa shape index (κ1) is 17.5. The van der Waals surface area contributed by atoms with Crippen molar-refractivity contribution < 1.29 is 4.74 Å². The van der Waals surface area contributed by atoms with Crippen LogP contribution in [0, 0.1) is 13.8 Å². The fourth-order valence-electron chi connectivity index (χ4n) is 3.17. The summed E-state index contributed by atoms with van der Waals surface area (Å²) in [7, 11) is 1.64. The second-order valence-corrected chi connectivity index (χ2v) is 7.52. The summed E-state index contributed by atoms with van der Waals surface area (Å²) in [5, 5.41) is 2.72. The van der Waals surface area contributed by atoms with E-state index in [0.29, 0.717) is 11.9 Å². The number of fused-ring (bicyclic) bond motifs is 1. The van der Waals surface area contributed by atoms with Gasteiger partial charge in [0.25, 0.3) is 5.56 Å². The summed E-state index contributed by atoms with van der Waals surface area (Å²) in [5.41, 5.74) is 5.45. The molecule has 4 rings (SSSR count). The van der Waals surface area contributed by atoms with Crippen molar-refractivity contribution in [2.75, 3.05) is 7.11 Å². The van der Waals surface area contributed by atoms with Gasteiger partial charge in [0, 0.05) is 10.9 Å². The first-order valence-electron chi connectivity index (χ1n) is 8.74. The van der Waals surface area contributed by atoms with Crippen LogP contribution in [-0.2, 0) is 6.54 Å². The van der Waals surface area contributed by atoms with E-state index in [9.17, 15) is 4.79 Å². The highest BCUT2D eigenvalue weighted by Gasteiger charge is 2.14. The standard InChI is InChI=1S/C22H20N2O2S/c1-14-7-8-17(9-15(14)2)19-12-27-21-20(19)22(25)24(13-23-21)11-16-5-4-6-18(10-16)26-3/h4-10,12-13H,11H2,1-3H3. The van der Waals surface area contributed by atoms with Gasteiger partial charge in [-0.3, -0.25) is 9.36 Å². The summed E-state index contributed by atoms with van der Waals surface area (Å²) in [6, 6.07) is 14.0. The second-order valence-electron chi connectivity index (χ2n) is 6.66. The Morgan fingerprint density at radius 1 is 1.11 bits per heavy atom. The van der Waals surface area contributed by atoms with Crippen LogP contribution < -0.4 is 10.3 Å². The first-order valence-corrected chi connectivity index (χ1v) is 9.62. The number of methoxy groups -OCH3 is 1. The average molecular weight is 376 g/mol. The van der Waals surface area contributed by atoms with Gasteiger partial charge in [0.2, 0.25) is 0 Å². The quantitative estimate of drug-likeness (QED) is 0.514. The van der Waals surface area contributed by atoms with Gasteiger partial charge in [0.15, 0.2) is 0 Å². The van der Waals surface area contributed by atoms with E-state index in [2.05, 4.69) is 37.0 Å². The zero-order valence-corrected chi connectivity index (χ0v) is 16.3. The van der Waals surface area contributed by atoms with Gasteiger partial charge in [-0.05, 0) is 48.2 Å². The third-order valence-electron chi connectivity index (χ3n) is 4.87. The van der Waals surface area contributed by atoms with Crippen molar-refractivity contribution in [3.05, 3.63) is 81.2 Å². The maximum atomic E-state index is 13.2. The van der Waals surface area contributed by atoms with Gasteiger partial charge in [0.05, 0.1) is 25.4 Å². The van der Waals surface area contributed by atoms with E-state index in [4.69, 9.17) is 4.74 Å². The maximum Gasteiger partial charge on any atom is 0.263 e. The van der Waals surface area contributed by atoms with Crippen molar-refractivity contribution in [1.29, 1.82) is 0 Å². The van der Waals surface area contributed by atoms with E-state index < -0.39 is 0 Å². The highest BCUT2D eigenvalue weighted by molar-refractivity contribution is 7.17. The van der Waals surface area contributed by atoms with E-state index in [1.807, 2.05) is 29.6 Å². The molecule has 2 aromatic carbocycles. The minimum absolute atomic E-state index is 0.0164. The van der Waals surface area contributed by atoms with Crippen LogP contribution in [0.5, 0.6) is 5.75 Å². The summed E-state index contributed by atoms with van der Waals surface area (Å²) < 4.78 is 6.94. The van der Waals surface area contributed by atoms with Crippen molar-refractivity contribution in [2.24, 2.45) is 0 Å². The van der Waals surface area contributed by atoms with Gasteiger partial charge >= 0.3 is 0 Å². The molecule has 4 aromatic rings. The van der Waals surface area contributed by atoms with E-state index in [0.717, 1.165) is 27.3 Å². The summed E-state index contributed by atoms with van der Waals surface area (Å²) in [6.45, 7) is 4.64. The molecule has 5 heteroatoms. The molecule has 27 heavy (non-hydrogen) atoms. The van der Waals surface area contributed by atoms with E-state index in [1.165, 1.54) is 22.5 Å². The van der Waals surface area contributed by atoms with Gasteiger partial charge in [-0.25, -0.2) is 4.98 Å². The number of benzene rings is 2. The largest absolute Gasteiger partial charge is 0.497 e. The lowest BCUT2D eigenvalue weighted by atomic mass is 10.0. The average Bonchev–Trinajstić information content (AvgIpc) is 3.11. The Hall–Kier alpha value is -2.92. The van der Waals surface area contributed by atoms with Crippen molar-refractivity contribution in [1.82, 2.24) is 9.55 Å². The highest BCUT2D eigenvalue weighted by Crippen LogP contribution is 2.31. The predicted molar refractivity (Wildman–Crippen MR) is 111 cm³/mol. The third kappa shape index (κ3) is 3.26. The lowest BCUT2D eigenvalue weighted by Gasteiger charge is -2.08. The van der Waals surface area contributed by atoms with Gasteiger partial charge < -0.3 is 4.74 Å². The molecule has 0 aliphatic rings. The summed E-state index contributed by atoms with van der Waals surface area (Å²) in [4.78, 5) is 18.5. The van der Waals surface area contributed by atoms with Crippen LogP contribution in [0.1, 0.15) is 16.7 Å². The van der Waals surface area contributed by atoms with Crippen molar-refractivity contribution in [3.63, 3.8) is 0 Å². The minimum atomic E-state index is -0.0164. The molecule has 0 unspecified atom stereocenters. The molecule has 2 heterocycles. The molecule has 136 valence electrons. The Morgan fingerprint density at radius 2 is 1.96 bits per heavy atom. The molecule has 0 amide bonds. The normalized spacial score (nSPS) is 11.1. The Bertz CT molecular complexity index is 1190. The van der Waals surface area contributed by atoms with Crippen LogP contribution in [0.2, 0.25) is 0 Å². The third-order valence-corrected chi connectivity index (χ3v) is 5.75. The number of aryl methyl sites for hydroxylation is 2. The smallest absolute Gasteiger partial charge is 0.263 e. The van der Waals surface area contributed by atoms with Crippen LogP contribution >= 0.6 is 11.3 Å². The van der Waals surface area contributed by atoms with Gasteiger partial charge in [0.1, 0.15) is 10.6 Å². The zero-order valence-electron chi connectivity index (χ0n) is 15.5. The van der Waals surface area contributed by atoms with Gasteiger partial charge in [-0.1, -0.05) is 30.3 Å². The molecule has 0 spiro atoms. The van der Waals surface area contributed by atoms with Crippen LogP contribution in [0.25, 0.3) is 21.3 Å². The molecule has 0 N–H and O–H groups in total. The second kappa shape index (κ2) is 7.00. The van der Waals surface area contributed by atoms with Crippen molar-refractivity contribution in [3.8, 4) is 16.9 Å². The molecule has 0 saturated heterocycles. The fraction of sp³-hybridized carbons (Fsp3) is 0.182. The molecule has 0 aliphatic heterocycles. The number of hydrogen-bond donors (Lipinski definition) is 0. The summed E-state index contributed by atoms with van der Waals surface area (Å²) in [6.07, 6.45) is 1.63. The molecule has 4 nitrogen and oxygen atoms in total. The number of ether oxygens (including phenoxy) is 1. The number of thiophene rings is 1. The van der Waals surface area contributed by atoms with Crippen molar-refractivity contribution >= 4 is 21.6 Å². The van der Waals surface area contributed by atoms with Gasteiger partial charge in [-0.15, -0.1) is 11.3 Å². The molecular weight excluding hydrogens is 356 g/mol. The fourth-order valence-corrected chi connectivity index (χ4v) is 4.08. The molecular formula is C22H20N2O2S. The van der Waals surface area contributed by atoms with E-state index in [-0.39, 0.29) is 5.56 Å². The molecule has 0 bridgehead atoms. The molecule has 0 aliphatic carbocycles. The summed E-state index contributed by atoms with van der Waals surface area (Å²) in [5.74, 6) is 0.779. The lowest BCUT2D eigenvalue weighted by molar-refractivity contribution is 0.414. The topological polar surface area (TPSA) is 44.1 Å². The number of hydrogen-bond acceptors (Lipinski definition) is 4. The van der Waals surface area contributed by atoms with Gasteiger partial charge in [-0.2, -0.15) is 0 Å². The van der Waals surface area contributed by atoms with Crippen LogP contribution in [0.3, 0.4) is 0 Å². The molecule has 0 atom stereocenters. The van der Waals surface area contributed by atoms with Crippen LogP contribution in [0.4, 0.5) is 0 Å². The Labute approximate surface area is 161 Å². The lowest BCUT2D eigenvalue weighted by Crippen LogP contribution is -2.21. The Morgan fingerprint density at radius 3 is 2.74 bits per heavy atom. The number of aromatic nitrogens is 2. The molecule has 0 saturated carbocycles.